The zero-order chi connectivity index (χ0) is 13.3. The van der Waals surface area contributed by atoms with Gasteiger partial charge in [0.25, 0.3) is 0 Å². The molecule has 18 heavy (non-hydrogen) atoms. The van der Waals surface area contributed by atoms with Gasteiger partial charge in [-0.2, -0.15) is 0 Å². The van der Waals surface area contributed by atoms with Crippen molar-refractivity contribution < 1.29 is 5.11 Å². The van der Waals surface area contributed by atoms with Crippen LogP contribution in [0.15, 0.2) is 5.38 Å². The first kappa shape index (κ1) is 14.0. The van der Waals surface area contributed by atoms with Gasteiger partial charge in [0.05, 0.1) is 16.8 Å². The van der Waals surface area contributed by atoms with Crippen LogP contribution in [0.2, 0.25) is 0 Å². The minimum Gasteiger partial charge on any atom is -0.392 e. The Balaban J connectivity index is 1.99. The van der Waals surface area contributed by atoms with Gasteiger partial charge in [-0.05, 0) is 18.3 Å². The van der Waals surface area contributed by atoms with Crippen molar-refractivity contribution in [2.24, 2.45) is 11.8 Å². The van der Waals surface area contributed by atoms with Crippen LogP contribution in [0.5, 0.6) is 0 Å². The fraction of sp³-hybridized carbons (Fsp3) is 0.800. The van der Waals surface area contributed by atoms with Crippen LogP contribution in [0.3, 0.4) is 0 Å². The summed E-state index contributed by atoms with van der Waals surface area (Å²) in [6.07, 6.45) is 4.25. The molecule has 0 bridgehead atoms. The molecule has 3 atom stereocenters. The SMILES string of the molecule is CC1CCCC1C(O)Cc1nc(C(C)(C)C)cs1. The number of hydrogen-bond acceptors (Lipinski definition) is 3. The molecule has 1 N–H and O–H groups in total. The lowest BCUT2D eigenvalue weighted by Gasteiger charge is -2.21. The van der Waals surface area contributed by atoms with Gasteiger partial charge in [0.2, 0.25) is 0 Å². The van der Waals surface area contributed by atoms with Crippen LogP contribution in [0.4, 0.5) is 0 Å². The molecule has 0 spiro atoms. The minimum atomic E-state index is -0.207. The van der Waals surface area contributed by atoms with Gasteiger partial charge in [0.1, 0.15) is 0 Å². The number of aliphatic hydroxyl groups is 1. The maximum atomic E-state index is 10.4. The second kappa shape index (κ2) is 5.30. The lowest BCUT2D eigenvalue weighted by atomic mass is 9.90. The second-order valence-corrected chi connectivity index (χ2v) is 7.66. The van der Waals surface area contributed by atoms with E-state index in [0.717, 1.165) is 17.1 Å². The van der Waals surface area contributed by atoms with E-state index >= 15 is 0 Å². The summed E-state index contributed by atoms with van der Waals surface area (Å²) in [5, 5.41) is 13.6. The maximum Gasteiger partial charge on any atom is 0.0954 e. The fourth-order valence-electron chi connectivity index (χ4n) is 2.83. The van der Waals surface area contributed by atoms with E-state index in [1.165, 1.54) is 19.3 Å². The molecule has 1 fully saturated rings. The summed E-state index contributed by atoms with van der Waals surface area (Å²) in [5.41, 5.74) is 1.26. The monoisotopic (exact) mass is 267 g/mol. The van der Waals surface area contributed by atoms with Crippen molar-refractivity contribution in [2.45, 2.75) is 64.9 Å². The van der Waals surface area contributed by atoms with E-state index in [4.69, 9.17) is 0 Å². The zero-order valence-corrected chi connectivity index (χ0v) is 12.8. The maximum absolute atomic E-state index is 10.4. The molecular weight excluding hydrogens is 242 g/mol. The predicted octanol–water partition coefficient (Wildman–Crippen LogP) is 3.78. The van der Waals surface area contributed by atoms with Crippen LogP contribution >= 0.6 is 11.3 Å². The molecule has 2 nitrogen and oxygen atoms in total. The van der Waals surface area contributed by atoms with Crippen molar-refractivity contribution in [1.82, 2.24) is 4.98 Å². The molecule has 3 unspecified atom stereocenters. The molecule has 3 heteroatoms. The largest absolute Gasteiger partial charge is 0.392 e. The first-order valence-electron chi connectivity index (χ1n) is 7.01. The molecule has 1 aromatic rings. The summed E-state index contributed by atoms with van der Waals surface area (Å²) in [6.45, 7) is 8.81. The fourth-order valence-corrected chi connectivity index (χ4v) is 3.90. The Morgan fingerprint density at radius 2 is 2.17 bits per heavy atom. The number of aromatic nitrogens is 1. The molecule has 0 aliphatic heterocycles. The average molecular weight is 267 g/mol. The van der Waals surface area contributed by atoms with Crippen LogP contribution in [-0.4, -0.2) is 16.2 Å². The molecule has 1 heterocycles. The summed E-state index contributed by atoms with van der Waals surface area (Å²) in [7, 11) is 0. The van der Waals surface area contributed by atoms with Crippen LogP contribution in [0.25, 0.3) is 0 Å². The van der Waals surface area contributed by atoms with E-state index < -0.39 is 0 Å². The van der Waals surface area contributed by atoms with Crippen LogP contribution in [-0.2, 0) is 11.8 Å². The molecule has 0 amide bonds. The standard InChI is InChI=1S/C15H25NOS/c1-10-6-5-7-11(10)12(17)8-14-16-13(9-18-14)15(2,3)4/h9-12,17H,5-8H2,1-4H3. The van der Waals surface area contributed by atoms with Crippen molar-refractivity contribution in [2.75, 3.05) is 0 Å². The number of rotatable bonds is 3. The molecule has 102 valence electrons. The third-order valence-electron chi connectivity index (χ3n) is 4.13. The number of aliphatic hydroxyl groups excluding tert-OH is 1. The van der Waals surface area contributed by atoms with E-state index in [2.05, 4.69) is 38.1 Å². The van der Waals surface area contributed by atoms with E-state index in [9.17, 15) is 5.11 Å². The first-order chi connectivity index (χ1) is 8.38. The van der Waals surface area contributed by atoms with Gasteiger partial charge >= 0.3 is 0 Å². The predicted molar refractivity (Wildman–Crippen MR) is 77.0 cm³/mol. The summed E-state index contributed by atoms with van der Waals surface area (Å²) in [4.78, 5) is 4.68. The first-order valence-corrected chi connectivity index (χ1v) is 7.89. The van der Waals surface area contributed by atoms with E-state index in [-0.39, 0.29) is 11.5 Å². The van der Waals surface area contributed by atoms with E-state index in [0.29, 0.717) is 11.8 Å². The quantitative estimate of drug-likeness (QED) is 0.904. The van der Waals surface area contributed by atoms with Gasteiger partial charge in [0, 0.05) is 17.2 Å². The summed E-state index contributed by atoms with van der Waals surface area (Å²) < 4.78 is 0. The van der Waals surface area contributed by atoms with Crippen molar-refractivity contribution in [3.05, 3.63) is 16.1 Å². The Hall–Kier alpha value is -0.410. The van der Waals surface area contributed by atoms with E-state index in [1.807, 2.05) is 0 Å². The Morgan fingerprint density at radius 3 is 2.67 bits per heavy atom. The summed E-state index contributed by atoms with van der Waals surface area (Å²) in [5.74, 6) is 1.15. The number of nitrogens with zero attached hydrogens (tertiary/aromatic N) is 1. The topological polar surface area (TPSA) is 33.1 Å². The highest BCUT2D eigenvalue weighted by molar-refractivity contribution is 7.09. The van der Waals surface area contributed by atoms with Gasteiger partial charge in [-0.3, -0.25) is 0 Å². The smallest absolute Gasteiger partial charge is 0.0954 e. The van der Waals surface area contributed by atoms with Crippen molar-refractivity contribution >= 4 is 11.3 Å². The normalized spacial score (nSPS) is 26.5. The summed E-state index contributed by atoms with van der Waals surface area (Å²) in [6, 6.07) is 0. The number of thiazole rings is 1. The lowest BCUT2D eigenvalue weighted by molar-refractivity contribution is 0.0900. The van der Waals surface area contributed by atoms with Crippen LogP contribution in [0.1, 0.15) is 57.7 Å². The van der Waals surface area contributed by atoms with Crippen molar-refractivity contribution in [1.29, 1.82) is 0 Å². The molecule has 0 radical (unpaired) electrons. The molecule has 0 aromatic carbocycles. The van der Waals surface area contributed by atoms with Crippen molar-refractivity contribution in [3.63, 3.8) is 0 Å². The molecule has 1 aliphatic carbocycles. The van der Waals surface area contributed by atoms with E-state index in [1.54, 1.807) is 11.3 Å². The van der Waals surface area contributed by atoms with Crippen LogP contribution < -0.4 is 0 Å². The third-order valence-corrected chi connectivity index (χ3v) is 5.00. The highest BCUT2D eigenvalue weighted by Gasteiger charge is 2.30. The molecule has 1 saturated carbocycles. The Labute approximate surface area is 114 Å². The molecule has 1 aliphatic rings. The number of hydrogen-bond donors (Lipinski definition) is 1. The molecule has 1 aromatic heterocycles. The molecule has 0 saturated heterocycles. The summed E-state index contributed by atoms with van der Waals surface area (Å²) >= 11 is 1.69. The minimum absolute atomic E-state index is 0.111. The van der Waals surface area contributed by atoms with Crippen molar-refractivity contribution in [3.8, 4) is 0 Å². The van der Waals surface area contributed by atoms with Crippen LogP contribution in [0, 0.1) is 11.8 Å². The average Bonchev–Trinajstić information content (AvgIpc) is 2.85. The zero-order valence-electron chi connectivity index (χ0n) is 11.9. The van der Waals surface area contributed by atoms with Gasteiger partial charge in [0.15, 0.2) is 0 Å². The highest BCUT2D eigenvalue weighted by Crippen LogP contribution is 2.35. The molecular formula is C15H25NOS. The van der Waals surface area contributed by atoms with Gasteiger partial charge in [-0.1, -0.05) is 40.5 Å². The Kier molecular flexibility index (Phi) is 4.12. The lowest BCUT2D eigenvalue weighted by Crippen LogP contribution is -2.24. The Morgan fingerprint density at radius 1 is 1.44 bits per heavy atom. The third kappa shape index (κ3) is 3.12. The van der Waals surface area contributed by atoms with Gasteiger partial charge in [-0.25, -0.2) is 4.98 Å². The molecule has 2 rings (SSSR count). The second-order valence-electron chi connectivity index (χ2n) is 6.72. The Bertz CT molecular complexity index is 393. The van der Waals surface area contributed by atoms with Gasteiger partial charge < -0.3 is 5.11 Å². The highest BCUT2D eigenvalue weighted by atomic mass is 32.1. The van der Waals surface area contributed by atoms with Gasteiger partial charge in [-0.15, -0.1) is 11.3 Å².